The molecule has 0 saturated carbocycles. The van der Waals surface area contributed by atoms with E-state index in [1.165, 1.54) is 4.68 Å². The van der Waals surface area contributed by atoms with Crippen LogP contribution < -0.4 is 11.1 Å². The number of thioether (sulfide) groups is 1. The lowest BCUT2D eigenvalue weighted by Gasteiger charge is -2.05. The Morgan fingerprint density at radius 2 is 2.16 bits per heavy atom. The second-order valence-corrected chi connectivity index (χ2v) is 4.77. The van der Waals surface area contributed by atoms with Crippen molar-refractivity contribution in [2.45, 2.75) is 18.0 Å². The van der Waals surface area contributed by atoms with E-state index in [2.05, 4.69) is 15.6 Å². The van der Waals surface area contributed by atoms with Gasteiger partial charge in [-0.2, -0.15) is 0 Å². The van der Waals surface area contributed by atoms with Crippen molar-refractivity contribution in [1.29, 1.82) is 0 Å². The molecule has 100 valence electrons. The summed E-state index contributed by atoms with van der Waals surface area (Å²) in [5.41, 5.74) is 6.86. The molecule has 1 heterocycles. The molecule has 0 spiro atoms. The van der Waals surface area contributed by atoms with Crippen LogP contribution in [0.3, 0.4) is 0 Å². The van der Waals surface area contributed by atoms with Crippen molar-refractivity contribution in [1.82, 2.24) is 15.0 Å². The summed E-state index contributed by atoms with van der Waals surface area (Å²) in [4.78, 5) is 13.0. The van der Waals surface area contributed by atoms with Crippen LogP contribution in [0.4, 0.5) is 5.69 Å². The third-order valence-corrected chi connectivity index (χ3v) is 3.22. The first kappa shape index (κ1) is 13.6. The van der Waals surface area contributed by atoms with E-state index in [0.29, 0.717) is 12.2 Å². The van der Waals surface area contributed by atoms with Gasteiger partial charge in [0, 0.05) is 17.1 Å². The number of aromatic nitrogens is 3. The summed E-state index contributed by atoms with van der Waals surface area (Å²) in [7, 11) is 0. The van der Waals surface area contributed by atoms with Gasteiger partial charge < -0.3 is 11.1 Å². The Kier molecular flexibility index (Phi) is 4.53. The molecular weight excluding hydrogens is 262 g/mol. The van der Waals surface area contributed by atoms with Gasteiger partial charge in [-0.15, -0.1) is 16.9 Å². The Hall–Kier alpha value is -1.86. The van der Waals surface area contributed by atoms with Gasteiger partial charge in [-0.25, -0.2) is 4.68 Å². The molecule has 0 unspecified atom stereocenters. The Morgan fingerprint density at radius 3 is 2.74 bits per heavy atom. The molecular formula is C12H15N5OS. The molecule has 2 rings (SSSR count). The Balaban J connectivity index is 1.93. The molecule has 0 bridgehead atoms. The standard InChI is InChI=1S/C12H15N5OS/c1-19-11-4-2-9(3-5-11)14-12(18)8-17-7-10(6-13)15-16-17/h2-5,7H,6,8,13H2,1H3,(H,14,18). The fraction of sp³-hybridized carbons (Fsp3) is 0.250. The van der Waals surface area contributed by atoms with Crippen molar-refractivity contribution >= 4 is 23.4 Å². The van der Waals surface area contributed by atoms with Crippen molar-refractivity contribution in [3.8, 4) is 0 Å². The monoisotopic (exact) mass is 277 g/mol. The van der Waals surface area contributed by atoms with Crippen molar-refractivity contribution in [2.75, 3.05) is 11.6 Å². The molecule has 1 aromatic carbocycles. The SMILES string of the molecule is CSc1ccc(NC(=O)Cn2cc(CN)nn2)cc1. The fourth-order valence-corrected chi connectivity index (χ4v) is 1.94. The number of nitrogens with two attached hydrogens (primary N) is 1. The highest BCUT2D eigenvalue weighted by molar-refractivity contribution is 7.98. The van der Waals surface area contributed by atoms with Gasteiger partial charge in [0.05, 0.1) is 11.9 Å². The second kappa shape index (κ2) is 6.35. The smallest absolute Gasteiger partial charge is 0.246 e. The van der Waals surface area contributed by atoms with Gasteiger partial charge in [0.15, 0.2) is 0 Å². The third kappa shape index (κ3) is 3.80. The Bertz CT molecular complexity index is 552. The molecule has 0 aliphatic carbocycles. The second-order valence-electron chi connectivity index (χ2n) is 3.89. The van der Waals surface area contributed by atoms with Crippen molar-refractivity contribution in [2.24, 2.45) is 5.73 Å². The van der Waals surface area contributed by atoms with E-state index in [4.69, 9.17) is 5.73 Å². The molecule has 0 atom stereocenters. The molecule has 7 heteroatoms. The van der Waals surface area contributed by atoms with Gasteiger partial charge in [0.2, 0.25) is 5.91 Å². The maximum atomic E-state index is 11.8. The molecule has 1 aromatic heterocycles. The summed E-state index contributed by atoms with van der Waals surface area (Å²) in [6.45, 7) is 0.440. The molecule has 0 saturated heterocycles. The van der Waals surface area contributed by atoms with Crippen LogP contribution in [0.2, 0.25) is 0 Å². The summed E-state index contributed by atoms with van der Waals surface area (Å²) in [5.74, 6) is -0.148. The lowest BCUT2D eigenvalue weighted by Crippen LogP contribution is -2.19. The van der Waals surface area contributed by atoms with Crippen LogP contribution in [0.15, 0.2) is 35.4 Å². The van der Waals surface area contributed by atoms with E-state index in [0.717, 1.165) is 10.6 Å². The summed E-state index contributed by atoms with van der Waals surface area (Å²) in [6, 6.07) is 7.66. The van der Waals surface area contributed by atoms with E-state index in [9.17, 15) is 4.79 Å². The highest BCUT2D eigenvalue weighted by Crippen LogP contribution is 2.17. The van der Waals surface area contributed by atoms with Crippen LogP contribution in [0, 0.1) is 0 Å². The molecule has 19 heavy (non-hydrogen) atoms. The maximum absolute atomic E-state index is 11.8. The lowest BCUT2D eigenvalue weighted by molar-refractivity contribution is -0.116. The fourth-order valence-electron chi connectivity index (χ4n) is 1.53. The van der Waals surface area contributed by atoms with E-state index in [1.54, 1.807) is 18.0 Å². The first-order valence-corrected chi connectivity index (χ1v) is 6.96. The summed E-state index contributed by atoms with van der Waals surface area (Å²) < 4.78 is 1.47. The van der Waals surface area contributed by atoms with E-state index in [1.807, 2.05) is 30.5 Å². The van der Waals surface area contributed by atoms with Crippen LogP contribution in [-0.4, -0.2) is 27.2 Å². The first-order valence-electron chi connectivity index (χ1n) is 5.74. The first-order chi connectivity index (χ1) is 9.21. The average Bonchev–Trinajstić information content (AvgIpc) is 2.87. The minimum absolute atomic E-state index is 0.122. The number of carbonyl (C=O) groups is 1. The summed E-state index contributed by atoms with van der Waals surface area (Å²) in [5, 5.41) is 10.4. The number of carbonyl (C=O) groups excluding carboxylic acids is 1. The third-order valence-electron chi connectivity index (χ3n) is 2.47. The molecule has 0 aliphatic heterocycles. The number of nitrogens with zero attached hydrogens (tertiary/aromatic N) is 3. The summed E-state index contributed by atoms with van der Waals surface area (Å²) in [6.07, 6.45) is 3.67. The maximum Gasteiger partial charge on any atom is 0.246 e. The number of hydrogen-bond donors (Lipinski definition) is 2. The van der Waals surface area contributed by atoms with Gasteiger partial charge in [0.25, 0.3) is 0 Å². The lowest BCUT2D eigenvalue weighted by atomic mass is 10.3. The van der Waals surface area contributed by atoms with Crippen LogP contribution >= 0.6 is 11.8 Å². The summed E-state index contributed by atoms with van der Waals surface area (Å²) >= 11 is 1.66. The molecule has 6 nitrogen and oxygen atoms in total. The van der Waals surface area contributed by atoms with Gasteiger partial charge in [-0.3, -0.25) is 4.79 Å². The van der Waals surface area contributed by atoms with Crippen molar-refractivity contribution in [3.63, 3.8) is 0 Å². The predicted molar refractivity (Wildman–Crippen MR) is 74.8 cm³/mol. The van der Waals surface area contributed by atoms with E-state index >= 15 is 0 Å². The van der Waals surface area contributed by atoms with Crippen LogP contribution in [0.1, 0.15) is 5.69 Å². The Labute approximate surface area is 115 Å². The van der Waals surface area contributed by atoms with Gasteiger partial charge in [-0.1, -0.05) is 5.21 Å². The number of hydrogen-bond acceptors (Lipinski definition) is 5. The minimum Gasteiger partial charge on any atom is -0.325 e. The Morgan fingerprint density at radius 1 is 1.42 bits per heavy atom. The number of anilines is 1. The highest BCUT2D eigenvalue weighted by Gasteiger charge is 2.06. The number of rotatable bonds is 5. The predicted octanol–water partition coefficient (Wildman–Crippen LogP) is 1.10. The number of nitrogens with one attached hydrogen (secondary N) is 1. The molecule has 2 aromatic rings. The van der Waals surface area contributed by atoms with Crippen LogP contribution in [0.5, 0.6) is 0 Å². The highest BCUT2D eigenvalue weighted by atomic mass is 32.2. The topological polar surface area (TPSA) is 85.8 Å². The van der Waals surface area contributed by atoms with Crippen LogP contribution in [-0.2, 0) is 17.9 Å². The quantitative estimate of drug-likeness (QED) is 0.799. The minimum atomic E-state index is -0.148. The average molecular weight is 277 g/mol. The molecule has 0 fully saturated rings. The van der Waals surface area contributed by atoms with Gasteiger partial charge in [0.1, 0.15) is 6.54 Å². The molecule has 0 radical (unpaired) electrons. The number of amides is 1. The molecule has 0 aliphatic rings. The van der Waals surface area contributed by atoms with E-state index in [-0.39, 0.29) is 12.5 Å². The van der Waals surface area contributed by atoms with Crippen molar-refractivity contribution < 1.29 is 4.79 Å². The van der Waals surface area contributed by atoms with Crippen LogP contribution in [0.25, 0.3) is 0 Å². The zero-order valence-electron chi connectivity index (χ0n) is 10.5. The molecule has 3 N–H and O–H groups in total. The molecule has 1 amide bonds. The number of benzene rings is 1. The zero-order valence-corrected chi connectivity index (χ0v) is 11.4. The van der Waals surface area contributed by atoms with Gasteiger partial charge in [-0.05, 0) is 30.5 Å². The zero-order chi connectivity index (χ0) is 13.7. The largest absolute Gasteiger partial charge is 0.325 e. The van der Waals surface area contributed by atoms with Crippen molar-refractivity contribution in [3.05, 3.63) is 36.2 Å². The normalized spacial score (nSPS) is 10.4. The van der Waals surface area contributed by atoms with E-state index < -0.39 is 0 Å². The van der Waals surface area contributed by atoms with Gasteiger partial charge >= 0.3 is 0 Å².